The molecule has 25 heavy (non-hydrogen) atoms. The summed E-state index contributed by atoms with van der Waals surface area (Å²) in [4.78, 5) is 21.2. The minimum atomic E-state index is -0.710. The molecule has 0 spiro atoms. The summed E-state index contributed by atoms with van der Waals surface area (Å²) in [5, 5.41) is 1.27. The van der Waals surface area contributed by atoms with Gasteiger partial charge in [0.1, 0.15) is 0 Å². The van der Waals surface area contributed by atoms with Crippen LogP contribution in [0.2, 0.25) is 10.0 Å². The molecule has 6 heteroatoms. The Labute approximate surface area is 156 Å². The first-order chi connectivity index (χ1) is 12.1. The van der Waals surface area contributed by atoms with E-state index in [2.05, 4.69) is 9.98 Å². The lowest BCUT2D eigenvalue weighted by atomic mass is 10.1. The van der Waals surface area contributed by atoms with Gasteiger partial charge in [0.05, 0.1) is 6.54 Å². The minimum absolute atomic E-state index is 0.297. The molecule has 4 nitrogen and oxygen atoms in total. The van der Waals surface area contributed by atoms with E-state index >= 15 is 0 Å². The van der Waals surface area contributed by atoms with E-state index in [1.54, 1.807) is 24.3 Å². The zero-order valence-corrected chi connectivity index (χ0v) is 15.1. The van der Waals surface area contributed by atoms with Gasteiger partial charge in [0.2, 0.25) is 5.90 Å². The average Bonchev–Trinajstić information content (AvgIpc) is 2.99. The van der Waals surface area contributed by atoms with E-state index < -0.39 is 12.0 Å². The topological polar surface area (TPSA) is 51.0 Å². The third-order valence-corrected chi connectivity index (χ3v) is 4.47. The summed E-state index contributed by atoms with van der Waals surface area (Å²) < 4.78 is 5.32. The number of cyclic esters (lactones) is 1. The Kier molecular flexibility index (Phi) is 5.51. The standard InChI is InChI=1S/C19H16Cl2N2O2/c1-2-16(22-11-13-5-3-4-6-15(13)21)17-19(24)25-18(23-17)12-7-9-14(20)10-8-12/h3-10,17H,2,11H2,1H3. The van der Waals surface area contributed by atoms with Crippen molar-refractivity contribution in [2.45, 2.75) is 25.9 Å². The summed E-state index contributed by atoms with van der Waals surface area (Å²) in [5.74, 6) is -0.115. The Morgan fingerprint density at radius 2 is 1.88 bits per heavy atom. The first kappa shape index (κ1) is 17.6. The van der Waals surface area contributed by atoms with Crippen molar-refractivity contribution < 1.29 is 9.53 Å². The molecular formula is C19H16Cl2N2O2. The number of aliphatic imine (C=N–C) groups is 2. The Balaban J connectivity index is 1.82. The number of carbonyl (C=O) groups is 1. The van der Waals surface area contributed by atoms with E-state index in [-0.39, 0.29) is 0 Å². The van der Waals surface area contributed by atoms with E-state index in [0.29, 0.717) is 40.2 Å². The predicted molar refractivity (Wildman–Crippen MR) is 101 cm³/mol. The molecule has 0 saturated heterocycles. The van der Waals surface area contributed by atoms with Gasteiger partial charge in [0.25, 0.3) is 0 Å². The fourth-order valence-corrected chi connectivity index (χ4v) is 2.81. The molecule has 0 aromatic heterocycles. The Morgan fingerprint density at radius 3 is 2.56 bits per heavy atom. The smallest absolute Gasteiger partial charge is 0.343 e. The van der Waals surface area contributed by atoms with E-state index in [1.807, 2.05) is 31.2 Å². The summed E-state index contributed by atoms with van der Waals surface area (Å²) in [7, 11) is 0. The maximum atomic E-state index is 12.2. The molecule has 1 aliphatic heterocycles. The van der Waals surface area contributed by atoms with Crippen molar-refractivity contribution in [1.29, 1.82) is 0 Å². The van der Waals surface area contributed by atoms with Crippen molar-refractivity contribution in [2.24, 2.45) is 9.98 Å². The molecule has 0 N–H and O–H groups in total. The predicted octanol–water partition coefficient (Wildman–Crippen LogP) is 4.72. The van der Waals surface area contributed by atoms with Crippen LogP contribution in [0.3, 0.4) is 0 Å². The molecule has 0 radical (unpaired) electrons. The van der Waals surface area contributed by atoms with Gasteiger partial charge in [-0.15, -0.1) is 0 Å². The summed E-state index contributed by atoms with van der Waals surface area (Å²) in [5.41, 5.74) is 2.29. The van der Waals surface area contributed by atoms with Gasteiger partial charge < -0.3 is 4.74 Å². The lowest BCUT2D eigenvalue weighted by Crippen LogP contribution is -2.25. The summed E-state index contributed by atoms with van der Waals surface area (Å²) in [6, 6.07) is 13.8. The maximum absolute atomic E-state index is 12.2. The molecule has 2 aromatic rings. The maximum Gasteiger partial charge on any atom is 0.343 e. The highest BCUT2D eigenvalue weighted by molar-refractivity contribution is 6.31. The first-order valence-electron chi connectivity index (χ1n) is 7.90. The molecule has 0 saturated carbocycles. The first-order valence-corrected chi connectivity index (χ1v) is 8.66. The van der Waals surface area contributed by atoms with Crippen molar-refractivity contribution in [2.75, 3.05) is 0 Å². The largest absolute Gasteiger partial charge is 0.405 e. The van der Waals surface area contributed by atoms with Gasteiger partial charge in [0.15, 0.2) is 6.04 Å². The van der Waals surface area contributed by atoms with Gasteiger partial charge in [0, 0.05) is 21.3 Å². The van der Waals surface area contributed by atoms with Crippen LogP contribution >= 0.6 is 23.2 Å². The van der Waals surface area contributed by atoms with Crippen LogP contribution in [0.5, 0.6) is 0 Å². The van der Waals surface area contributed by atoms with Crippen molar-refractivity contribution in [3.8, 4) is 0 Å². The van der Waals surface area contributed by atoms with Gasteiger partial charge in [-0.2, -0.15) is 0 Å². The van der Waals surface area contributed by atoms with Gasteiger partial charge in [-0.3, -0.25) is 4.99 Å². The Bertz CT molecular complexity index is 845. The second-order valence-electron chi connectivity index (χ2n) is 5.52. The quantitative estimate of drug-likeness (QED) is 0.561. The molecule has 128 valence electrons. The van der Waals surface area contributed by atoms with E-state index in [9.17, 15) is 4.79 Å². The Morgan fingerprint density at radius 1 is 1.16 bits per heavy atom. The normalized spacial score (nSPS) is 17.4. The number of carbonyl (C=O) groups excluding carboxylic acids is 1. The molecule has 0 amide bonds. The highest BCUT2D eigenvalue weighted by Crippen LogP contribution is 2.20. The summed E-state index contributed by atoms with van der Waals surface area (Å²) in [6.45, 7) is 2.34. The number of esters is 1. The third kappa shape index (κ3) is 4.09. The highest BCUT2D eigenvalue weighted by atomic mass is 35.5. The molecular weight excluding hydrogens is 359 g/mol. The minimum Gasteiger partial charge on any atom is -0.405 e. The van der Waals surface area contributed by atoms with Crippen LogP contribution in [0.4, 0.5) is 0 Å². The zero-order valence-electron chi connectivity index (χ0n) is 13.6. The van der Waals surface area contributed by atoms with E-state index in [0.717, 1.165) is 5.56 Å². The number of ether oxygens (including phenoxy) is 1. The molecule has 2 aromatic carbocycles. The van der Waals surface area contributed by atoms with Crippen LogP contribution in [0.15, 0.2) is 58.5 Å². The van der Waals surface area contributed by atoms with Crippen molar-refractivity contribution in [1.82, 2.24) is 0 Å². The van der Waals surface area contributed by atoms with Crippen LogP contribution in [-0.4, -0.2) is 23.6 Å². The SMILES string of the molecule is CCC(=NCc1ccccc1Cl)C1N=C(c2ccc(Cl)cc2)OC1=O. The molecule has 0 fully saturated rings. The summed E-state index contributed by atoms with van der Waals surface area (Å²) in [6.07, 6.45) is 0.599. The molecule has 0 aliphatic carbocycles. The van der Waals surface area contributed by atoms with Crippen LogP contribution in [0, 0.1) is 0 Å². The number of rotatable bonds is 5. The molecule has 1 heterocycles. The van der Waals surface area contributed by atoms with Gasteiger partial charge >= 0.3 is 5.97 Å². The third-order valence-electron chi connectivity index (χ3n) is 3.85. The molecule has 1 unspecified atom stereocenters. The number of hydrogen-bond acceptors (Lipinski definition) is 4. The number of halogens is 2. The summed E-state index contributed by atoms with van der Waals surface area (Å²) >= 11 is 12.0. The molecule has 1 atom stereocenters. The zero-order chi connectivity index (χ0) is 17.8. The fraction of sp³-hybridized carbons (Fsp3) is 0.211. The van der Waals surface area contributed by atoms with Crippen molar-refractivity contribution in [3.05, 3.63) is 69.7 Å². The Hall–Kier alpha value is -2.17. The van der Waals surface area contributed by atoms with Gasteiger partial charge in [-0.05, 0) is 42.3 Å². The highest BCUT2D eigenvalue weighted by Gasteiger charge is 2.33. The van der Waals surface area contributed by atoms with Crippen LogP contribution in [0.1, 0.15) is 24.5 Å². The van der Waals surface area contributed by atoms with Gasteiger partial charge in [-0.25, -0.2) is 9.79 Å². The lowest BCUT2D eigenvalue weighted by Gasteiger charge is -2.07. The monoisotopic (exact) mass is 374 g/mol. The molecule has 1 aliphatic rings. The fourth-order valence-electron chi connectivity index (χ4n) is 2.49. The second-order valence-corrected chi connectivity index (χ2v) is 6.36. The van der Waals surface area contributed by atoms with Crippen molar-refractivity contribution in [3.63, 3.8) is 0 Å². The van der Waals surface area contributed by atoms with Crippen LogP contribution in [0.25, 0.3) is 0 Å². The van der Waals surface area contributed by atoms with Crippen LogP contribution < -0.4 is 0 Å². The van der Waals surface area contributed by atoms with E-state index in [1.165, 1.54) is 0 Å². The van der Waals surface area contributed by atoms with Gasteiger partial charge in [-0.1, -0.05) is 48.3 Å². The van der Waals surface area contributed by atoms with Crippen LogP contribution in [-0.2, 0) is 16.1 Å². The van der Waals surface area contributed by atoms with Crippen molar-refractivity contribution >= 4 is 40.8 Å². The number of nitrogens with zero attached hydrogens (tertiary/aromatic N) is 2. The number of hydrogen-bond donors (Lipinski definition) is 0. The molecule has 0 bridgehead atoms. The van der Waals surface area contributed by atoms with E-state index in [4.69, 9.17) is 27.9 Å². The lowest BCUT2D eigenvalue weighted by molar-refractivity contribution is -0.133. The second kappa shape index (κ2) is 7.81. The molecule has 3 rings (SSSR count). The number of benzene rings is 2. The average molecular weight is 375 g/mol.